The second kappa shape index (κ2) is 10.1. The normalized spacial score (nSPS) is 22.1. The summed E-state index contributed by atoms with van der Waals surface area (Å²) in [6.07, 6.45) is 4.84. The lowest BCUT2D eigenvalue weighted by molar-refractivity contribution is -0.379. The number of ether oxygens (including phenoxy) is 1. The van der Waals surface area contributed by atoms with Crippen molar-refractivity contribution in [1.82, 2.24) is 5.32 Å². The van der Waals surface area contributed by atoms with Crippen molar-refractivity contribution in [3.05, 3.63) is 91.7 Å². The molecule has 0 aromatic heterocycles. The van der Waals surface area contributed by atoms with Crippen LogP contribution in [0.2, 0.25) is 0 Å². The van der Waals surface area contributed by atoms with Crippen LogP contribution in [0.25, 0.3) is 0 Å². The fraction of sp³-hybridized carbons (Fsp3) is 0.419. The van der Waals surface area contributed by atoms with Crippen LogP contribution in [-0.4, -0.2) is 17.9 Å². The van der Waals surface area contributed by atoms with Crippen molar-refractivity contribution in [3.8, 4) is 0 Å². The highest BCUT2D eigenvalue weighted by atomic mass is 16.5. The molecule has 0 radical (unpaired) electrons. The van der Waals surface area contributed by atoms with Crippen LogP contribution in [0.4, 0.5) is 5.69 Å². The molecule has 2 N–H and O–H groups in total. The van der Waals surface area contributed by atoms with E-state index in [2.05, 4.69) is 38.2 Å². The average molecular weight is 500 g/mol. The lowest BCUT2D eigenvalue weighted by Crippen LogP contribution is -2.55. The highest BCUT2D eigenvalue weighted by Gasteiger charge is 2.42. The van der Waals surface area contributed by atoms with Gasteiger partial charge in [-0.1, -0.05) is 29.8 Å². The predicted octanol–water partition coefficient (Wildman–Crippen LogP) is 4.94. The molecule has 2 unspecified atom stereocenters. The van der Waals surface area contributed by atoms with E-state index >= 15 is 0 Å². The van der Waals surface area contributed by atoms with Crippen LogP contribution in [0.5, 0.6) is 0 Å². The van der Waals surface area contributed by atoms with Crippen molar-refractivity contribution in [2.24, 2.45) is 0 Å². The molecule has 0 saturated heterocycles. The van der Waals surface area contributed by atoms with Crippen molar-refractivity contribution in [2.75, 3.05) is 0 Å². The van der Waals surface area contributed by atoms with Crippen LogP contribution in [0, 0.1) is 25.7 Å². The molecular formula is C31H35N2O4+. The van der Waals surface area contributed by atoms with Crippen molar-refractivity contribution >= 4 is 17.4 Å². The summed E-state index contributed by atoms with van der Waals surface area (Å²) in [4.78, 5) is 38.9. The maximum atomic E-state index is 13.9. The Balaban J connectivity index is 1.58. The van der Waals surface area contributed by atoms with E-state index in [4.69, 9.17) is 4.74 Å². The van der Waals surface area contributed by atoms with Crippen molar-refractivity contribution < 1.29 is 19.5 Å². The summed E-state index contributed by atoms with van der Waals surface area (Å²) >= 11 is 0. The van der Waals surface area contributed by atoms with E-state index < -0.39 is 5.92 Å². The number of aryl methyl sites for hydroxylation is 3. The summed E-state index contributed by atoms with van der Waals surface area (Å²) < 4.78 is 5.93. The number of nitroso groups, excluding NO2 is 1. The number of rotatable bonds is 5. The topological polar surface area (TPSA) is 86.4 Å². The van der Waals surface area contributed by atoms with E-state index in [9.17, 15) is 14.5 Å². The highest BCUT2D eigenvalue weighted by Crippen LogP contribution is 2.47. The van der Waals surface area contributed by atoms with Gasteiger partial charge in [-0.2, -0.15) is 0 Å². The third kappa shape index (κ3) is 4.77. The van der Waals surface area contributed by atoms with Gasteiger partial charge in [0.05, 0.1) is 5.57 Å². The van der Waals surface area contributed by atoms with Gasteiger partial charge in [-0.25, -0.2) is 4.79 Å². The summed E-state index contributed by atoms with van der Waals surface area (Å²) in [6.45, 7) is 8.21. The summed E-state index contributed by atoms with van der Waals surface area (Å²) in [7, 11) is 0. The first-order chi connectivity index (χ1) is 17.8. The number of carbonyl (C=O) groups excluding carboxylic acids is 2. The fourth-order valence-electron chi connectivity index (χ4n) is 6.68. The first-order valence-corrected chi connectivity index (χ1v) is 13.3. The van der Waals surface area contributed by atoms with Gasteiger partial charge in [0, 0.05) is 51.5 Å². The molecule has 1 fully saturated rings. The average Bonchev–Trinajstić information content (AvgIpc) is 3.35. The second-order valence-corrected chi connectivity index (χ2v) is 10.9. The zero-order chi connectivity index (χ0) is 26.3. The predicted molar refractivity (Wildman–Crippen MR) is 142 cm³/mol. The fourth-order valence-corrected chi connectivity index (χ4v) is 6.68. The van der Waals surface area contributed by atoms with E-state index in [0.29, 0.717) is 35.4 Å². The zero-order valence-corrected chi connectivity index (χ0v) is 22.1. The largest absolute Gasteiger partial charge is 0.459 e. The van der Waals surface area contributed by atoms with Crippen LogP contribution < -0.4 is 10.5 Å². The van der Waals surface area contributed by atoms with Gasteiger partial charge < -0.3 is 10.1 Å². The van der Waals surface area contributed by atoms with E-state index in [-0.39, 0.29) is 23.8 Å². The number of ketones is 1. The molecule has 3 aliphatic rings. The summed E-state index contributed by atoms with van der Waals surface area (Å²) in [5.74, 6) is -0.863. The molecule has 2 aromatic carbocycles. The van der Waals surface area contributed by atoms with E-state index in [1.165, 1.54) is 22.3 Å². The molecule has 0 bridgehead atoms. The van der Waals surface area contributed by atoms with Crippen molar-refractivity contribution in [1.29, 1.82) is 0 Å². The molecule has 2 aromatic rings. The van der Waals surface area contributed by atoms with E-state index in [1.807, 2.05) is 18.2 Å². The van der Waals surface area contributed by atoms with Crippen LogP contribution in [0.15, 0.2) is 58.9 Å². The third-order valence-corrected chi connectivity index (χ3v) is 8.11. The van der Waals surface area contributed by atoms with Crippen molar-refractivity contribution in [2.45, 2.75) is 84.2 Å². The number of benzene rings is 2. The molecule has 5 rings (SSSR count). The second-order valence-electron chi connectivity index (χ2n) is 10.9. The Labute approximate surface area is 218 Å². The Bertz CT molecular complexity index is 1320. The van der Waals surface area contributed by atoms with Gasteiger partial charge in [-0.05, 0) is 88.0 Å². The Hall–Kier alpha value is -3.54. The van der Waals surface area contributed by atoms with E-state index in [0.717, 1.165) is 36.9 Å². The minimum Gasteiger partial charge on any atom is -0.459 e. The minimum atomic E-state index is -0.577. The molecule has 2 atom stereocenters. The molecule has 1 saturated carbocycles. The van der Waals surface area contributed by atoms with Crippen LogP contribution in [-0.2, 0) is 14.3 Å². The number of carbonyl (C=O) groups is 2. The number of dihydropyridines is 1. The molecule has 6 heteroatoms. The summed E-state index contributed by atoms with van der Waals surface area (Å²) in [6, 6.07) is 11.4. The van der Waals surface area contributed by atoms with Crippen LogP contribution in [0.1, 0.15) is 85.1 Å². The number of hydrogen-bond donors (Lipinski definition) is 2. The maximum Gasteiger partial charge on any atom is 0.337 e. The Morgan fingerprint density at radius 2 is 1.70 bits per heavy atom. The third-order valence-electron chi connectivity index (χ3n) is 8.11. The van der Waals surface area contributed by atoms with Gasteiger partial charge in [0.2, 0.25) is 0 Å². The zero-order valence-electron chi connectivity index (χ0n) is 22.1. The van der Waals surface area contributed by atoms with Gasteiger partial charge in [0.1, 0.15) is 6.10 Å². The summed E-state index contributed by atoms with van der Waals surface area (Å²) in [5.41, 5.74) is 8.63. The number of esters is 1. The quantitative estimate of drug-likeness (QED) is 0.570. The van der Waals surface area contributed by atoms with Gasteiger partial charge in [-0.15, -0.1) is 0 Å². The van der Waals surface area contributed by atoms with E-state index in [1.54, 1.807) is 18.2 Å². The van der Waals surface area contributed by atoms with Crippen LogP contribution in [0.3, 0.4) is 0 Å². The Morgan fingerprint density at radius 3 is 2.38 bits per heavy atom. The van der Waals surface area contributed by atoms with Gasteiger partial charge in [0.15, 0.2) is 5.78 Å². The molecule has 6 nitrogen and oxygen atoms in total. The van der Waals surface area contributed by atoms with Gasteiger partial charge in [-0.3, -0.25) is 4.79 Å². The lowest BCUT2D eigenvalue weighted by atomic mass is 9.70. The maximum absolute atomic E-state index is 13.9. The molecule has 0 amide bonds. The molecule has 1 heterocycles. The van der Waals surface area contributed by atoms with Gasteiger partial charge in [0.25, 0.3) is 5.69 Å². The Morgan fingerprint density at radius 1 is 1.00 bits per heavy atom. The number of Topliss-reactive ketones (excluding diaryl/α,β-unsaturated/α-hetero) is 1. The molecule has 2 aliphatic carbocycles. The molecular weight excluding hydrogens is 464 g/mol. The molecule has 192 valence electrons. The smallest absolute Gasteiger partial charge is 0.337 e. The number of nitrogens with one attached hydrogen (secondary N) is 2. The SMILES string of the molecule is CC1=C(C(=O)OC2CCCC2)C(c2cccc([NH+]=O)c2)C2=C(CC(c3c(C)cc(C)cc3C)CC2=O)N1. The number of allylic oxidation sites excluding steroid dienone is 3. The summed E-state index contributed by atoms with van der Waals surface area (Å²) in [5, 5.41) is 5.39. The lowest BCUT2D eigenvalue weighted by Gasteiger charge is -2.37. The van der Waals surface area contributed by atoms with Gasteiger partial charge >= 0.3 is 5.97 Å². The monoisotopic (exact) mass is 499 g/mol. The Kier molecular flexibility index (Phi) is 6.84. The standard InChI is InChI=1S/C31H34N2O4/c1-17-12-18(2)27(19(3)13-17)22-15-25-30(26(34)16-22)29(21-8-7-9-23(14-21)33-36)28(20(4)32-25)31(35)37-24-10-5-6-11-24/h7-9,12-14,22,24,29,32H,5-6,10-11,15-16H2,1-4H3/p+1. The minimum absolute atomic E-state index is 0.0299. The molecule has 0 spiro atoms. The van der Waals surface area contributed by atoms with Crippen LogP contribution >= 0.6 is 0 Å². The first kappa shape index (κ1) is 25.1. The molecule has 1 aliphatic heterocycles. The molecule has 37 heavy (non-hydrogen) atoms. The first-order valence-electron chi connectivity index (χ1n) is 13.3. The number of hydrogen-bond acceptors (Lipinski definition) is 5. The van der Waals surface area contributed by atoms with Crippen molar-refractivity contribution in [3.63, 3.8) is 0 Å². The highest BCUT2D eigenvalue weighted by molar-refractivity contribution is 6.04.